The fourth-order valence-corrected chi connectivity index (χ4v) is 0.922. The molecule has 0 aliphatic rings. The highest BCUT2D eigenvalue weighted by Gasteiger charge is 2.32. The van der Waals surface area contributed by atoms with Gasteiger partial charge in [0.25, 0.3) is 5.56 Å². The van der Waals surface area contributed by atoms with Crippen LogP contribution in [0.25, 0.3) is 0 Å². The molecule has 1 aromatic heterocycles. The predicted octanol–water partition coefficient (Wildman–Crippen LogP) is 1.65. The highest BCUT2D eigenvalue weighted by molar-refractivity contribution is 6.57. The monoisotopic (exact) mass is 245 g/mol. The Morgan fingerprint density at radius 2 is 1.88 bits per heavy atom. The highest BCUT2D eigenvalue weighted by Crippen LogP contribution is 2.27. The van der Waals surface area contributed by atoms with Crippen molar-refractivity contribution in [3.05, 3.63) is 28.2 Å². The summed E-state index contributed by atoms with van der Waals surface area (Å²) in [4.78, 5) is 10.9. The molecule has 0 amide bonds. The molecule has 16 heavy (non-hydrogen) atoms. The predicted molar refractivity (Wildman–Crippen MR) is 42.6 cm³/mol. The summed E-state index contributed by atoms with van der Waals surface area (Å²) < 4.78 is 71.7. The molecule has 0 saturated heterocycles. The van der Waals surface area contributed by atoms with E-state index < -0.39 is 30.7 Å². The van der Waals surface area contributed by atoms with Gasteiger partial charge < -0.3 is 12.9 Å². The minimum Gasteiger partial charge on any atom is -0.448 e. The Hall–Kier alpha value is -1.48. The topological polar surface area (TPSA) is 34.9 Å². The largest absolute Gasteiger partial charge is 0.499 e. The van der Waals surface area contributed by atoms with Gasteiger partial charge in [-0.15, -0.1) is 0 Å². The third kappa shape index (κ3) is 3.28. The van der Waals surface area contributed by atoms with Gasteiger partial charge in [0.15, 0.2) is 0 Å². The van der Waals surface area contributed by atoms with Gasteiger partial charge >= 0.3 is 13.2 Å². The van der Waals surface area contributed by atoms with E-state index in [0.29, 0.717) is 0 Å². The maximum Gasteiger partial charge on any atom is 0.499 e. The molecule has 1 heterocycles. The van der Waals surface area contributed by atoms with E-state index in [0.717, 1.165) is 0 Å². The first-order valence-electron chi connectivity index (χ1n) is 3.95. The smallest absolute Gasteiger partial charge is 0.448 e. The minimum atomic E-state index is -5.32. The molecule has 1 rings (SSSR count). The zero-order valence-electron chi connectivity index (χ0n) is 7.51. The Balaban J connectivity index is 3.07. The first-order chi connectivity index (χ1) is 7.09. The van der Waals surface area contributed by atoms with Crippen molar-refractivity contribution in [1.82, 2.24) is 9.78 Å². The molecule has 3 nitrogen and oxygen atoms in total. The van der Waals surface area contributed by atoms with E-state index in [-0.39, 0.29) is 16.9 Å². The van der Waals surface area contributed by atoms with E-state index in [2.05, 4.69) is 5.10 Å². The fourth-order valence-electron chi connectivity index (χ4n) is 0.922. The van der Waals surface area contributed by atoms with Crippen molar-refractivity contribution >= 4 is 6.98 Å². The third-order valence-electron chi connectivity index (χ3n) is 1.58. The summed E-state index contributed by atoms with van der Waals surface area (Å²) in [6.45, 7) is -5.32. The summed E-state index contributed by atoms with van der Waals surface area (Å²) in [6, 6.07) is 0.0782. The summed E-state index contributed by atoms with van der Waals surface area (Å²) >= 11 is 0. The van der Waals surface area contributed by atoms with Crippen molar-refractivity contribution in [3.63, 3.8) is 0 Å². The van der Waals surface area contributed by atoms with Gasteiger partial charge in [0, 0.05) is 12.5 Å². The quantitative estimate of drug-likeness (QED) is 0.586. The number of rotatable bonds is 2. The average Bonchev–Trinajstić information content (AvgIpc) is 2.04. The molecule has 10 heteroatoms. The molecule has 0 aliphatic carbocycles. The van der Waals surface area contributed by atoms with Gasteiger partial charge in [0.1, 0.15) is 0 Å². The summed E-state index contributed by atoms with van der Waals surface area (Å²) in [7, 11) is 0. The van der Waals surface area contributed by atoms with E-state index >= 15 is 0 Å². The second-order valence-electron chi connectivity index (χ2n) is 2.97. The van der Waals surface area contributed by atoms with Crippen LogP contribution in [0.5, 0.6) is 0 Å². The van der Waals surface area contributed by atoms with E-state index in [1.165, 1.54) is 0 Å². The van der Waals surface area contributed by atoms with Crippen LogP contribution in [-0.2, 0) is 12.6 Å². The van der Waals surface area contributed by atoms with Gasteiger partial charge in [-0.3, -0.25) is 9.48 Å². The standard InChI is InChI=1S/C6H4BF6N2O/c8-6(9,10)4-1-5(16)15(14-2-4)3-7(11,12)13/h1-2H,3H2/q-1. The molecular weight excluding hydrogens is 241 g/mol. The minimum absolute atomic E-state index is 0.0603. The lowest BCUT2D eigenvalue weighted by atomic mass is 9.93. The maximum atomic E-state index is 12.0. The molecule has 0 N–H and O–H groups in total. The van der Waals surface area contributed by atoms with E-state index in [4.69, 9.17) is 0 Å². The number of hydrogen-bond acceptors (Lipinski definition) is 2. The van der Waals surface area contributed by atoms with Crippen LogP contribution >= 0.6 is 0 Å². The number of aromatic nitrogens is 2. The SMILES string of the molecule is O=c1cc(C(F)(F)F)cnn1C[B-](F)(F)F. The Morgan fingerprint density at radius 1 is 1.31 bits per heavy atom. The molecule has 0 spiro atoms. The molecule has 0 aromatic carbocycles. The average molecular weight is 245 g/mol. The summed E-state index contributed by atoms with van der Waals surface area (Å²) in [5, 5.41) is 2.81. The van der Waals surface area contributed by atoms with Gasteiger partial charge in [-0.05, 0) is 0 Å². The molecule has 0 fully saturated rings. The van der Waals surface area contributed by atoms with Crippen molar-refractivity contribution < 1.29 is 26.1 Å². The van der Waals surface area contributed by atoms with Crippen molar-refractivity contribution in [3.8, 4) is 0 Å². The van der Waals surface area contributed by atoms with Gasteiger partial charge in [-0.2, -0.15) is 18.3 Å². The first-order valence-corrected chi connectivity index (χ1v) is 3.95. The fraction of sp³-hybridized carbons (Fsp3) is 0.333. The number of alkyl halides is 3. The van der Waals surface area contributed by atoms with Crippen molar-refractivity contribution in [2.24, 2.45) is 0 Å². The van der Waals surface area contributed by atoms with Crippen LogP contribution < -0.4 is 5.56 Å². The number of halogens is 6. The molecule has 0 unspecified atom stereocenters. The lowest BCUT2D eigenvalue weighted by Gasteiger charge is -2.14. The van der Waals surface area contributed by atoms with Gasteiger partial charge in [-0.1, -0.05) is 0 Å². The van der Waals surface area contributed by atoms with Crippen molar-refractivity contribution in [1.29, 1.82) is 0 Å². The van der Waals surface area contributed by atoms with Crippen LogP contribution in [-0.4, -0.2) is 16.8 Å². The molecule has 90 valence electrons. The highest BCUT2D eigenvalue weighted by atomic mass is 19.4. The van der Waals surface area contributed by atoms with Crippen LogP contribution in [0, 0.1) is 0 Å². The van der Waals surface area contributed by atoms with Crippen LogP contribution in [0.3, 0.4) is 0 Å². The van der Waals surface area contributed by atoms with Crippen molar-refractivity contribution in [2.75, 3.05) is 0 Å². The molecule has 0 radical (unpaired) electrons. The van der Waals surface area contributed by atoms with E-state index in [9.17, 15) is 30.9 Å². The molecule has 0 bridgehead atoms. The van der Waals surface area contributed by atoms with Crippen LogP contribution in [0.2, 0.25) is 0 Å². The lowest BCUT2D eigenvalue weighted by Crippen LogP contribution is -2.34. The Bertz CT molecular complexity index is 436. The Morgan fingerprint density at radius 3 is 2.25 bits per heavy atom. The summed E-state index contributed by atoms with van der Waals surface area (Å²) in [6.07, 6.45) is -6.27. The number of hydrogen-bond donors (Lipinski definition) is 0. The Kier molecular flexibility index (Phi) is 3.02. The van der Waals surface area contributed by atoms with Gasteiger partial charge in [-0.25, -0.2) is 0 Å². The second-order valence-corrected chi connectivity index (χ2v) is 2.97. The molecule has 0 saturated carbocycles. The second kappa shape index (κ2) is 3.83. The molecule has 0 atom stereocenters. The number of nitrogens with zero attached hydrogens (tertiary/aromatic N) is 2. The zero-order valence-corrected chi connectivity index (χ0v) is 7.51. The molecule has 0 aliphatic heterocycles. The Labute approximate surface area is 84.7 Å². The van der Waals surface area contributed by atoms with Gasteiger partial charge in [0.2, 0.25) is 0 Å². The first kappa shape index (κ1) is 12.6. The third-order valence-corrected chi connectivity index (χ3v) is 1.58. The maximum absolute atomic E-state index is 12.0. The summed E-state index contributed by atoms with van der Waals surface area (Å²) in [5.74, 6) is 0. The molecule has 1 aromatic rings. The zero-order chi connectivity index (χ0) is 12.6. The van der Waals surface area contributed by atoms with E-state index in [1.54, 1.807) is 0 Å². The van der Waals surface area contributed by atoms with Crippen LogP contribution in [0.1, 0.15) is 5.56 Å². The molecular formula is C6H4BF6N2O-. The van der Waals surface area contributed by atoms with Gasteiger partial charge in [0.05, 0.1) is 11.8 Å². The van der Waals surface area contributed by atoms with Crippen molar-refractivity contribution in [2.45, 2.75) is 12.6 Å². The van der Waals surface area contributed by atoms with E-state index in [1.807, 2.05) is 0 Å². The summed E-state index contributed by atoms with van der Waals surface area (Å²) in [5.41, 5.74) is -2.81. The lowest BCUT2D eigenvalue weighted by molar-refractivity contribution is -0.138. The van der Waals surface area contributed by atoms with Crippen LogP contribution in [0.4, 0.5) is 26.1 Å². The van der Waals surface area contributed by atoms with Crippen LogP contribution in [0.15, 0.2) is 17.1 Å². The normalized spacial score (nSPS) is 12.9.